The van der Waals surface area contributed by atoms with Crippen molar-refractivity contribution >= 4 is 10.9 Å². The lowest BCUT2D eigenvalue weighted by Gasteiger charge is -2.31. The maximum Gasteiger partial charge on any atom is 0.258 e. The smallest absolute Gasteiger partial charge is 0.258 e. The SMILES string of the molecule is N#Cc1cccc(CN2CCC(c3nc4ccc(F)cc4c(=O)[nH]3)CC2)c1. The highest BCUT2D eigenvalue weighted by molar-refractivity contribution is 5.77. The van der Waals surface area contributed by atoms with Crippen LogP contribution in [0.4, 0.5) is 4.39 Å². The first-order valence-corrected chi connectivity index (χ1v) is 9.03. The fourth-order valence-electron chi connectivity index (χ4n) is 3.68. The molecule has 0 unspecified atom stereocenters. The maximum absolute atomic E-state index is 13.3. The van der Waals surface area contributed by atoms with Gasteiger partial charge in [0, 0.05) is 12.5 Å². The van der Waals surface area contributed by atoms with Crippen molar-refractivity contribution in [1.29, 1.82) is 5.26 Å². The van der Waals surface area contributed by atoms with Gasteiger partial charge in [0.25, 0.3) is 5.56 Å². The Morgan fingerprint density at radius 3 is 2.81 bits per heavy atom. The summed E-state index contributed by atoms with van der Waals surface area (Å²) >= 11 is 0. The Bertz CT molecular complexity index is 1080. The van der Waals surface area contributed by atoms with Crippen molar-refractivity contribution in [1.82, 2.24) is 14.9 Å². The van der Waals surface area contributed by atoms with E-state index in [4.69, 9.17) is 5.26 Å². The minimum Gasteiger partial charge on any atom is -0.310 e. The van der Waals surface area contributed by atoms with Gasteiger partial charge in [-0.25, -0.2) is 9.37 Å². The number of halogens is 1. The van der Waals surface area contributed by atoms with Gasteiger partial charge in [-0.2, -0.15) is 5.26 Å². The normalized spacial score (nSPS) is 15.7. The molecule has 1 N–H and O–H groups in total. The highest BCUT2D eigenvalue weighted by Gasteiger charge is 2.23. The number of rotatable bonds is 3. The molecule has 0 saturated carbocycles. The number of nitrogens with zero attached hydrogens (tertiary/aromatic N) is 3. The lowest BCUT2D eigenvalue weighted by molar-refractivity contribution is 0.202. The number of likely N-dealkylation sites (tertiary alicyclic amines) is 1. The van der Waals surface area contributed by atoms with Crippen LogP contribution in [0, 0.1) is 17.1 Å². The molecular weight excluding hydrogens is 343 g/mol. The van der Waals surface area contributed by atoms with Crippen LogP contribution in [0.1, 0.15) is 35.7 Å². The minimum atomic E-state index is -0.434. The quantitative estimate of drug-likeness (QED) is 0.776. The summed E-state index contributed by atoms with van der Waals surface area (Å²) in [5.41, 5.74) is 2.06. The molecule has 0 amide bonds. The van der Waals surface area contributed by atoms with E-state index < -0.39 is 5.82 Å². The van der Waals surface area contributed by atoms with Gasteiger partial charge in [0.1, 0.15) is 11.6 Å². The van der Waals surface area contributed by atoms with E-state index in [-0.39, 0.29) is 16.9 Å². The number of piperidine rings is 1. The van der Waals surface area contributed by atoms with Crippen LogP contribution in [0.25, 0.3) is 10.9 Å². The van der Waals surface area contributed by atoms with Crippen LogP contribution in [0.15, 0.2) is 47.3 Å². The Labute approximate surface area is 156 Å². The molecule has 1 aliphatic rings. The number of aromatic nitrogens is 2. The number of H-pyrrole nitrogens is 1. The second-order valence-corrected chi connectivity index (χ2v) is 6.98. The van der Waals surface area contributed by atoms with E-state index in [1.807, 2.05) is 24.3 Å². The Morgan fingerprint density at radius 2 is 2.04 bits per heavy atom. The number of hydrogen-bond acceptors (Lipinski definition) is 4. The average Bonchev–Trinajstić information content (AvgIpc) is 2.69. The maximum atomic E-state index is 13.3. The molecule has 3 aromatic rings. The summed E-state index contributed by atoms with van der Waals surface area (Å²) in [4.78, 5) is 22.0. The number of aromatic amines is 1. The minimum absolute atomic E-state index is 0.189. The van der Waals surface area contributed by atoms with Gasteiger partial charge in [-0.3, -0.25) is 9.69 Å². The van der Waals surface area contributed by atoms with Crippen LogP contribution in [0.5, 0.6) is 0 Å². The topological polar surface area (TPSA) is 72.8 Å². The summed E-state index contributed by atoms with van der Waals surface area (Å²) in [6.07, 6.45) is 1.79. The summed E-state index contributed by atoms with van der Waals surface area (Å²) < 4.78 is 13.3. The fraction of sp³-hybridized carbons (Fsp3) is 0.286. The summed E-state index contributed by atoms with van der Waals surface area (Å²) in [6, 6.07) is 14.0. The van der Waals surface area contributed by atoms with E-state index >= 15 is 0 Å². The average molecular weight is 362 g/mol. The van der Waals surface area contributed by atoms with Crippen molar-refractivity contribution in [2.24, 2.45) is 0 Å². The second-order valence-electron chi connectivity index (χ2n) is 6.98. The van der Waals surface area contributed by atoms with Crippen LogP contribution in [0.2, 0.25) is 0 Å². The molecule has 2 heterocycles. The first-order valence-electron chi connectivity index (χ1n) is 9.03. The lowest BCUT2D eigenvalue weighted by Crippen LogP contribution is -2.33. The summed E-state index contributed by atoms with van der Waals surface area (Å²) in [6.45, 7) is 2.60. The van der Waals surface area contributed by atoms with Gasteiger partial charge in [0.05, 0.1) is 22.5 Å². The Morgan fingerprint density at radius 1 is 1.22 bits per heavy atom. The molecule has 0 bridgehead atoms. The zero-order valence-electron chi connectivity index (χ0n) is 14.8. The van der Waals surface area contributed by atoms with Crippen LogP contribution in [-0.4, -0.2) is 28.0 Å². The number of hydrogen-bond donors (Lipinski definition) is 1. The van der Waals surface area contributed by atoms with Gasteiger partial charge in [-0.05, 0) is 61.8 Å². The van der Waals surface area contributed by atoms with E-state index in [2.05, 4.69) is 20.9 Å². The van der Waals surface area contributed by atoms with E-state index in [1.54, 1.807) is 6.07 Å². The number of fused-ring (bicyclic) bond motifs is 1. The zero-order chi connectivity index (χ0) is 18.8. The monoisotopic (exact) mass is 362 g/mol. The molecule has 27 heavy (non-hydrogen) atoms. The van der Waals surface area contributed by atoms with Crippen molar-refractivity contribution in [2.45, 2.75) is 25.3 Å². The third kappa shape index (κ3) is 3.74. The van der Waals surface area contributed by atoms with Crippen molar-refractivity contribution in [3.05, 3.63) is 75.6 Å². The lowest BCUT2D eigenvalue weighted by atomic mass is 9.95. The third-order valence-corrected chi connectivity index (χ3v) is 5.12. The molecular formula is C21H19FN4O. The Kier molecular flexibility index (Phi) is 4.69. The largest absolute Gasteiger partial charge is 0.310 e. The molecule has 1 saturated heterocycles. The van der Waals surface area contributed by atoms with Crippen LogP contribution < -0.4 is 5.56 Å². The molecule has 1 aliphatic heterocycles. The highest BCUT2D eigenvalue weighted by atomic mass is 19.1. The van der Waals surface area contributed by atoms with Crippen molar-refractivity contribution in [3.63, 3.8) is 0 Å². The van der Waals surface area contributed by atoms with Gasteiger partial charge in [0.2, 0.25) is 0 Å². The molecule has 0 spiro atoms. The molecule has 136 valence electrons. The summed E-state index contributed by atoms with van der Waals surface area (Å²) in [5.74, 6) is 0.440. The van der Waals surface area contributed by atoms with Crippen molar-refractivity contribution < 1.29 is 4.39 Å². The van der Waals surface area contributed by atoms with Gasteiger partial charge in [0.15, 0.2) is 0 Å². The molecule has 6 heteroatoms. The van der Waals surface area contributed by atoms with Gasteiger partial charge < -0.3 is 4.98 Å². The van der Waals surface area contributed by atoms with Crippen LogP contribution >= 0.6 is 0 Å². The number of nitrogens with one attached hydrogen (secondary N) is 1. The number of nitriles is 1. The molecule has 0 aliphatic carbocycles. The van der Waals surface area contributed by atoms with E-state index in [0.29, 0.717) is 16.9 Å². The number of benzene rings is 2. The summed E-state index contributed by atoms with van der Waals surface area (Å²) in [5, 5.41) is 9.31. The molecule has 0 radical (unpaired) electrons. The fourth-order valence-corrected chi connectivity index (χ4v) is 3.68. The van der Waals surface area contributed by atoms with Crippen LogP contribution in [0.3, 0.4) is 0 Å². The standard InChI is InChI=1S/C21H19FN4O/c22-17-4-5-19-18(11-17)21(27)25-20(24-19)16-6-8-26(9-7-16)13-15-3-1-2-14(10-15)12-23/h1-5,10-11,16H,6-9,13H2,(H,24,25,27). The molecule has 4 rings (SSSR count). The molecule has 5 nitrogen and oxygen atoms in total. The molecule has 2 aromatic carbocycles. The van der Waals surface area contributed by atoms with E-state index in [0.717, 1.165) is 38.0 Å². The Hall–Kier alpha value is -3.04. The second kappa shape index (κ2) is 7.29. The highest BCUT2D eigenvalue weighted by Crippen LogP contribution is 2.26. The van der Waals surface area contributed by atoms with Crippen LogP contribution in [-0.2, 0) is 6.54 Å². The zero-order valence-corrected chi connectivity index (χ0v) is 14.8. The molecule has 0 atom stereocenters. The molecule has 1 fully saturated rings. The van der Waals surface area contributed by atoms with Gasteiger partial charge >= 0.3 is 0 Å². The van der Waals surface area contributed by atoms with Crippen molar-refractivity contribution in [3.8, 4) is 6.07 Å². The molecule has 1 aromatic heterocycles. The predicted molar refractivity (Wildman–Crippen MR) is 101 cm³/mol. The van der Waals surface area contributed by atoms with Crippen molar-refractivity contribution in [2.75, 3.05) is 13.1 Å². The third-order valence-electron chi connectivity index (χ3n) is 5.12. The first-order chi connectivity index (χ1) is 13.1. The predicted octanol–water partition coefficient (Wildman–Crippen LogP) is 3.31. The van der Waals surface area contributed by atoms with E-state index in [9.17, 15) is 9.18 Å². The Balaban J connectivity index is 1.46. The summed E-state index contributed by atoms with van der Waals surface area (Å²) in [7, 11) is 0. The first kappa shape index (κ1) is 17.4. The van der Waals surface area contributed by atoms with Gasteiger partial charge in [-0.1, -0.05) is 12.1 Å². The van der Waals surface area contributed by atoms with E-state index in [1.165, 1.54) is 12.1 Å². The van der Waals surface area contributed by atoms with Gasteiger partial charge in [-0.15, -0.1) is 0 Å².